The molecule has 0 saturated heterocycles. The number of fused-ring (bicyclic) bond motifs is 1. The summed E-state index contributed by atoms with van der Waals surface area (Å²) in [6.45, 7) is 0. The van der Waals surface area contributed by atoms with E-state index in [0.717, 1.165) is 36.8 Å². The van der Waals surface area contributed by atoms with Gasteiger partial charge >= 0.3 is 0 Å². The predicted molar refractivity (Wildman–Crippen MR) is 98.8 cm³/mol. The van der Waals surface area contributed by atoms with Crippen LogP contribution in [-0.2, 0) is 0 Å². The topological polar surface area (TPSA) is 63.0 Å². The lowest BCUT2D eigenvalue weighted by molar-refractivity contribution is -0.0278. The zero-order valence-corrected chi connectivity index (χ0v) is 14.8. The highest BCUT2D eigenvalue weighted by atomic mass is 16.5. The molecule has 4 nitrogen and oxygen atoms in total. The number of hydrogen-bond acceptors (Lipinski definition) is 4. The van der Waals surface area contributed by atoms with Crippen LogP contribution >= 0.6 is 0 Å². The van der Waals surface area contributed by atoms with Gasteiger partial charge < -0.3 is 4.74 Å². The maximum Gasteiger partial charge on any atom is 0.173 e. The molecule has 1 aromatic heterocycles. The third-order valence-corrected chi connectivity index (χ3v) is 5.75. The van der Waals surface area contributed by atoms with Crippen LogP contribution in [0.15, 0.2) is 42.7 Å². The first-order valence-corrected chi connectivity index (χ1v) is 9.38. The molecule has 132 valence electrons. The first kappa shape index (κ1) is 16.8. The highest BCUT2D eigenvalue weighted by Crippen LogP contribution is 2.47. The monoisotopic (exact) mass is 346 g/mol. The molecule has 1 aliphatic heterocycles. The van der Waals surface area contributed by atoms with E-state index in [4.69, 9.17) is 10.00 Å². The lowest BCUT2D eigenvalue weighted by Gasteiger charge is -2.46. The summed E-state index contributed by atoms with van der Waals surface area (Å²) in [5.41, 5.74) is 2.17. The Balaban J connectivity index is 1.74. The average Bonchev–Trinajstić information content (AvgIpc) is 2.69. The minimum absolute atomic E-state index is 0.133. The van der Waals surface area contributed by atoms with E-state index >= 15 is 0 Å². The van der Waals surface area contributed by atoms with E-state index in [1.807, 2.05) is 30.3 Å². The van der Waals surface area contributed by atoms with Gasteiger partial charge in [0.2, 0.25) is 0 Å². The number of benzene rings is 1. The summed E-state index contributed by atoms with van der Waals surface area (Å²) in [5.74, 6) is 0.603. The van der Waals surface area contributed by atoms with Gasteiger partial charge in [-0.15, -0.1) is 0 Å². The molecule has 1 aromatic carbocycles. The molecule has 1 fully saturated rings. The first-order valence-electron chi connectivity index (χ1n) is 9.38. The van der Waals surface area contributed by atoms with Crippen molar-refractivity contribution in [2.24, 2.45) is 5.92 Å². The molecule has 2 heterocycles. The SMILES string of the molecule is N#CCCC1C(=O)c2cc(-c3cccnc3)ccc2OC12CCCCC2. The summed E-state index contributed by atoms with van der Waals surface area (Å²) in [5, 5.41) is 9.05. The second-order valence-electron chi connectivity index (χ2n) is 7.29. The van der Waals surface area contributed by atoms with Crippen molar-refractivity contribution in [2.45, 2.75) is 50.5 Å². The Morgan fingerprint density at radius 3 is 2.77 bits per heavy atom. The fourth-order valence-corrected chi connectivity index (χ4v) is 4.45. The van der Waals surface area contributed by atoms with Gasteiger partial charge in [0.15, 0.2) is 5.78 Å². The maximum atomic E-state index is 13.4. The van der Waals surface area contributed by atoms with Gasteiger partial charge in [0.05, 0.1) is 17.6 Å². The molecule has 0 radical (unpaired) electrons. The number of nitriles is 1. The number of aromatic nitrogens is 1. The zero-order valence-electron chi connectivity index (χ0n) is 14.8. The van der Waals surface area contributed by atoms with Gasteiger partial charge in [0.25, 0.3) is 0 Å². The van der Waals surface area contributed by atoms with E-state index in [-0.39, 0.29) is 11.7 Å². The van der Waals surface area contributed by atoms with E-state index in [0.29, 0.717) is 24.2 Å². The van der Waals surface area contributed by atoms with Crippen molar-refractivity contribution >= 4 is 5.78 Å². The normalized spacial score (nSPS) is 20.9. The van der Waals surface area contributed by atoms with Crippen molar-refractivity contribution in [2.75, 3.05) is 0 Å². The molecule has 1 aliphatic carbocycles. The molecule has 0 amide bonds. The number of nitrogens with zero attached hydrogens (tertiary/aromatic N) is 2. The highest BCUT2D eigenvalue weighted by Gasteiger charge is 2.49. The van der Waals surface area contributed by atoms with Gasteiger partial charge in [0, 0.05) is 24.4 Å². The Bertz CT molecular complexity index is 848. The van der Waals surface area contributed by atoms with Gasteiger partial charge in [-0.2, -0.15) is 5.26 Å². The number of hydrogen-bond donors (Lipinski definition) is 0. The third-order valence-electron chi connectivity index (χ3n) is 5.75. The number of carbonyl (C=O) groups excluding carboxylic acids is 1. The zero-order chi connectivity index (χ0) is 18.0. The highest BCUT2D eigenvalue weighted by molar-refractivity contribution is 6.03. The Morgan fingerprint density at radius 2 is 2.04 bits per heavy atom. The Labute approximate surface area is 153 Å². The quantitative estimate of drug-likeness (QED) is 0.789. The standard InChI is InChI=1S/C22H22N2O2/c23-12-4-7-19-21(25)18-14-16(17-6-5-13-24-15-17)8-9-20(18)26-22(19)10-2-1-3-11-22/h5-6,8-9,13-15,19H,1-4,7,10-11H2. The number of ketones is 1. The van der Waals surface area contributed by atoms with Crippen molar-refractivity contribution in [3.05, 3.63) is 48.3 Å². The number of carbonyl (C=O) groups is 1. The smallest absolute Gasteiger partial charge is 0.173 e. The average molecular weight is 346 g/mol. The maximum absolute atomic E-state index is 13.4. The Kier molecular flexibility index (Phi) is 4.46. The van der Waals surface area contributed by atoms with Crippen LogP contribution in [-0.4, -0.2) is 16.4 Å². The molecule has 0 N–H and O–H groups in total. The predicted octanol–water partition coefficient (Wildman–Crippen LogP) is 4.95. The molecule has 0 bridgehead atoms. The van der Waals surface area contributed by atoms with Crippen LogP contribution in [0.2, 0.25) is 0 Å². The van der Waals surface area contributed by atoms with Gasteiger partial charge in [-0.25, -0.2) is 0 Å². The summed E-state index contributed by atoms with van der Waals surface area (Å²) in [4.78, 5) is 17.5. The fraction of sp³-hybridized carbons (Fsp3) is 0.409. The molecule has 4 heteroatoms. The van der Waals surface area contributed by atoms with Gasteiger partial charge in [-0.3, -0.25) is 9.78 Å². The molecular formula is C22H22N2O2. The molecule has 1 atom stereocenters. The largest absolute Gasteiger partial charge is 0.486 e. The van der Waals surface area contributed by atoms with Crippen LogP contribution < -0.4 is 4.74 Å². The van der Waals surface area contributed by atoms with Crippen LogP contribution in [0.3, 0.4) is 0 Å². The lowest BCUT2D eigenvalue weighted by Crippen LogP contribution is -2.51. The van der Waals surface area contributed by atoms with Crippen LogP contribution in [0.1, 0.15) is 55.3 Å². The van der Waals surface area contributed by atoms with Crippen LogP contribution in [0, 0.1) is 17.2 Å². The molecule has 1 unspecified atom stereocenters. The number of ether oxygens (including phenoxy) is 1. The van der Waals surface area contributed by atoms with Gasteiger partial charge in [-0.1, -0.05) is 18.6 Å². The minimum atomic E-state index is -0.422. The van der Waals surface area contributed by atoms with Crippen LogP contribution in [0.5, 0.6) is 5.75 Å². The van der Waals surface area contributed by atoms with Crippen molar-refractivity contribution in [1.29, 1.82) is 5.26 Å². The molecule has 2 aliphatic rings. The molecule has 2 aromatic rings. The summed E-state index contributed by atoms with van der Waals surface area (Å²) in [7, 11) is 0. The first-order chi connectivity index (χ1) is 12.7. The summed E-state index contributed by atoms with van der Waals surface area (Å²) >= 11 is 0. The molecular weight excluding hydrogens is 324 g/mol. The Hall–Kier alpha value is -2.67. The summed E-state index contributed by atoms with van der Waals surface area (Å²) in [6.07, 6.45) is 9.66. The van der Waals surface area contributed by atoms with Crippen LogP contribution in [0.4, 0.5) is 0 Å². The number of Topliss-reactive ketones (excluding diaryl/α,β-unsaturated/α-hetero) is 1. The number of rotatable bonds is 3. The minimum Gasteiger partial charge on any atom is -0.486 e. The van der Waals surface area contributed by atoms with Gasteiger partial charge in [-0.05, 0) is 55.9 Å². The van der Waals surface area contributed by atoms with E-state index in [2.05, 4.69) is 11.1 Å². The summed E-state index contributed by atoms with van der Waals surface area (Å²) in [6, 6.07) is 11.9. The third kappa shape index (κ3) is 2.88. The van der Waals surface area contributed by atoms with E-state index in [1.54, 1.807) is 12.4 Å². The van der Waals surface area contributed by atoms with Gasteiger partial charge in [0.1, 0.15) is 11.4 Å². The van der Waals surface area contributed by atoms with E-state index in [1.165, 1.54) is 6.42 Å². The fourth-order valence-electron chi connectivity index (χ4n) is 4.45. The second kappa shape index (κ2) is 6.92. The Morgan fingerprint density at radius 1 is 1.19 bits per heavy atom. The van der Waals surface area contributed by atoms with Crippen molar-refractivity contribution < 1.29 is 9.53 Å². The van der Waals surface area contributed by atoms with Crippen molar-refractivity contribution in [3.8, 4) is 22.9 Å². The van der Waals surface area contributed by atoms with E-state index < -0.39 is 5.60 Å². The van der Waals surface area contributed by atoms with Crippen molar-refractivity contribution in [1.82, 2.24) is 4.98 Å². The van der Waals surface area contributed by atoms with Crippen molar-refractivity contribution in [3.63, 3.8) is 0 Å². The van der Waals surface area contributed by atoms with E-state index in [9.17, 15) is 4.79 Å². The van der Waals surface area contributed by atoms with Crippen LogP contribution in [0.25, 0.3) is 11.1 Å². The second-order valence-corrected chi connectivity index (χ2v) is 7.29. The molecule has 26 heavy (non-hydrogen) atoms. The molecule has 4 rings (SSSR count). The molecule has 1 saturated carbocycles. The lowest BCUT2D eigenvalue weighted by atomic mass is 9.69. The number of pyridine rings is 1. The molecule has 1 spiro atoms. The summed E-state index contributed by atoms with van der Waals surface area (Å²) < 4.78 is 6.49.